The molecule has 2 aliphatic rings. The molecule has 0 bridgehead atoms. The van der Waals surface area contributed by atoms with Crippen molar-refractivity contribution in [2.75, 3.05) is 51.3 Å². The number of fused-ring (bicyclic) bond motifs is 1. The fraction of sp³-hybridized carbons (Fsp3) is 0.297. The first-order valence-corrected chi connectivity index (χ1v) is 15.2. The van der Waals surface area contributed by atoms with Crippen LogP contribution in [0, 0.1) is 0 Å². The van der Waals surface area contributed by atoms with Gasteiger partial charge in [-0.1, -0.05) is 72.8 Å². The third-order valence-electron chi connectivity index (χ3n) is 8.81. The monoisotopic (exact) mass is 573 g/mol. The molecule has 6 nitrogen and oxygen atoms in total. The van der Waals surface area contributed by atoms with E-state index >= 15 is 0 Å². The van der Waals surface area contributed by atoms with Crippen molar-refractivity contribution in [2.45, 2.75) is 25.4 Å². The van der Waals surface area contributed by atoms with Crippen LogP contribution in [0.2, 0.25) is 0 Å². The first kappa shape index (κ1) is 28.8. The third-order valence-corrected chi connectivity index (χ3v) is 8.81. The SMILES string of the molecule is COC(=O)c1ccc(CN2CC(=O)c3ccc(N4CCN(CCC(c5ccccc5)c5ccccc5)CC4)cc3C2)cc1. The number of benzene rings is 4. The molecule has 4 aromatic carbocycles. The molecular weight excluding hydrogens is 534 g/mol. The van der Waals surface area contributed by atoms with E-state index in [-0.39, 0.29) is 11.8 Å². The summed E-state index contributed by atoms with van der Waals surface area (Å²) in [7, 11) is 1.38. The van der Waals surface area contributed by atoms with Gasteiger partial charge in [0.1, 0.15) is 0 Å². The van der Waals surface area contributed by atoms with E-state index in [0.717, 1.165) is 62.4 Å². The summed E-state index contributed by atoms with van der Waals surface area (Å²) in [5, 5.41) is 0. The minimum Gasteiger partial charge on any atom is -0.465 e. The molecule has 1 fully saturated rings. The van der Waals surface area contributed by atoms with Gasteiger partial charge >= 0.3 is 5.97 Å². The molecule has 1 saturated heterocycles. The highest BCUT2D eigenvalue weighted by Gasteiger charge is 2.26. The maximum atomic E-state index is 13.0. The Labute approximate surface area is 254 Å². The smallest absolute Gasteiger partial charge is 0.337 e. The van der Waals surface area contributed by atoms with Crippen molar-refractivity contribution in [2.24, 2.45) is 0 Å². The summed E-state index contributed by atoms with van der Waals surface area (Å²) in [6.45, 7) is 6.86. The number of esters is 1. The molecule has 0 aromatic heterocycles. The fourth-order valence-corrected chi connectivity index (χ4v) is 6.44. The number of ether oxygens (including phenoxy) is 1. The second-order valence-corrected chi connectivity index (χ2v) is 11.6. The Kier molecular flexibility index (Phi) is 8.96. The molecule has 0 radical (unpaired) electrons. The first-order valence-electron chi connectivity index (χ1n) is 15.2. The lowest BCUT2D eigenvalue weighted by atomic mass is 9.88. The molecule has 6 rings (SSSR count). The van der Waals surface area contributed by atoms with Gasteiger partial charge in [-0.05, 0) is 65.6 Å². The summed E-state index contributed by atoms with van der Waals surface area (Å²) in [5.74, 6) is 0.216. The Morgan fingerprint density at radius 1 is 0.767 bits per heavy atom. The van der Waals surface area contributed by atoms with Crippen LogP contribution in [-0.4, -0.2) is 67.9 Å². The number of nitrogens with zero attached hydrogens (tertiary/aromatic N) is 3. The Morgan fingerprint density at radius 2 is 1.42 bits per heavy atom. The summed E-state index contributed by atoms with van der Waals surface area (Å²) in [4.78, 5) is 32.0. The summed E-state index contributed by atoms with van der Waals surface area (Å²) < 4.78 is 4.80. The van der Waals surface area contributed by atoms with Crippen molar-refractivity contribution in [3.63, 3.8) is 0 Å². The minimum absolute atomic E-state index is 0.162. The average molecular weight is 574 g/mol. The highest BCUT2D eigenvalue weighted by molar-refractivity contribution is 6.00. The maximum Gasteiger partial charge on any atom is 0.337 e. The molecule has 220 valence electrons. The second kappa shape index (κ2) is 13.4. The number of hydrogen-bond donors (Lipinski definition) is 0. The lowest BCUT2D eigenvalue weighted by molar-refractivity contribution is 0.0600. The van der Waals surface area contributed by atoms with E-state index in [1.165, 1.54) is 23.9 Å². The fourth-order valence-electron chi connectivity index (χ4n) is 6.44. The summed E-state index contributed by atoms with van der Waals surface area (Å²) in [5.41, 5.74) is 7.48. The molecular formula is C37H39N3O3. The quantitative estimate of drug-likeness (QED) is 0.229. The van der Waals surface area contributed by atoms with E-state index in [2.05, 4.69) is 87.5 Å². The number of ketones is 1. The number of Topliss-reactive ketones (excluding diaryl/α,β-unsaturated/α-hetero) is 1. The van der Waals surface area contributed by atoms with Crippen LogP contribution in [0.5, 0.6) is 0 Å². The van der Waals surface area contributed by atoms with Crippen LogP contribution >= 0.6 is 0 Å². The van der Waals surface area contributed by atoms with Gasteiger partial charge in [0.05, 0.1) is 19.2 Å². The van der Waals surface area contributed by atoms with Crippen LogP contribution in [0.4, 0.5) is 5.69 Å². The molecule has 0 aliphatic carbocycles. The summed E-state index contributed by atoms with van der Waals surface area (Å²) in [6, 6.07) is 35.5. The van der Waals surface area contributed by atoms with Crippen molar-refractivity contribution < 1.29 is 14.3 Å². The standard InChI is InChI=1S/C37H39N3O3/c1-43-37(42)31-14-12-28(13-15-31)25-39-26-32-24-33(16-17-35(32)36(41)27-39)40-22-20-38(21-23-40)19-18-34(29-8-4-2-5-9-29)30-10-6-3-7-11-30/h2-17,24,34H,18-23,25-27H2,1H3. The number of carbonyl (C=O) groups is 2. The highest BCUT2D eigenvalue weighted by Crippen LogP contribution is 2.30. The van der Waals surface area contributed by atoms with Crippen LogP contribution in [0.3, 0.4) is 0 Å². The van der Waals surface area contributed by atoms with Crippen molar-refractivity contribution in [3.05, 3.63) is 137 Å². The van der Waals surface area contributed by atoms with E-state index in [0.29, 0.717) is 24.6 Å². The van der Waals surface area contributed by atoms with Crippen molar-refractivity contribution >= 4 is 17.4 Å². The number of rotatable bonds is 9. The van der Waals surface area contributed by atoms with Gasteiger partial charge in [0.25, 0.3) is 0 Å². The van der Waals surface area contributed by atoms with Gasteiger partial charge in [-0.2, -0.15) is 0 Å². The predicted molar refractivity (Wildman–Crippen MR) is 171 cm³/mol. The van der Waals surface area contributed by atoms with E-state index in [1.807, 2.05) is 18.2 Å². The summed E-state index contributed by atoms with van der Waals surface area (Å²) >= 11 is 0. The molecule has 2 aliphatic heterocycles. The van der Waals surface area contributed by atoms with Gasteiger partial charge in [0.15, 0.2) is 5.78 Å². The van der Waals surface area contributed by atoms with E-state index in [1.54, 1.807) is 12.1 Å². The Bertz CT molecular complexity index is 1490. The van der Waals surface area contributed by atoms with E-state index in [9.17, 15) is 9.59 Å². The van der Waals surface area contributed by atoms with Crippen LogP contribution in [0.15, 0.2) is 103 Å². The topological polar surface area (TPSA) is 53.1 Å². The summed E-state index contributed by atoms with van der Waals surface area (Å²) in [6.07, 6.45) is 1.09. The van der Waals surface area contributed by atoms with E-state index in [4.69, 9.17) is 4.74 Å². The van der Waals surface area contributed by atoms with Crippen LogP contribution in [0.25, 0.3) is 0 Å². The van der Waals surface area contributed by atoms with E-state index < -0.39 is 0 Å². The maximum absolute atomic E-state index is 13.0. The first-order chi connectivity index (χ1) is 21.1. The number of piperazine rings is 1. The van der Waals surface area contributed by atoms with Crippen LogP contribution in [0.1, 0.15) is 55.3 Å². The van der Waals surface area contributed by atoms with Gasteiger partial charge in [0.2, 0.25) is 0 Å². The Hall–Kier alpha value is -4.26. The van der Waals surface area contributed by atoms with Gasteiger partial charge in [-0.3, -0.25) is 14.6 Å². The molecule has 0 spiro atoms. The number of anilines is 1. The van der Waals surface area contributed by atoms with Crippen LogP contribution in [-0.2, 0) is 17.8 Å². The van der Waals surface area contributed by atoms with Gasteiger partial charge in [0, 0.05) is 56.4 Å². The van der Waals surface area contributed by atoms with Crippen molar-refractivity contribution in [1.29, 1.82) is 0 Å². The minimum atomic E-state index is -0.342. The zero-order chi connectivity index (χ0) is 29.6. The molecule has 4 aromatic rings. The molecule has 0 atom stereocenters. The highest BCUT2D eigenvalue weighted by atomic mass is 16.5. The van der Waals surface area contributed by atoms with Gasteiger partial charge < -0.3 is 9.64 Å². The normalized spacial score (nSPS) is 15.9. The number of hydrogen-bond acceptors (Lipinski definition) is 6. The molecule has 43 heavy (non-hydrogen) atoms. The average Bonchev–Trinajstić information content (AvgIpc) is 3.06. The Morgan fingerprint density at radius 3 is 2.05 bits per heavy atom. The Balaban J connectivity index is 1.06. The lowest BCUT2D eigenvalue weighted by Gasteiger charge is -2.37. The third kappa shape index (κ3) is 6.87. The lowest BCUT2D eigenvalue weighted by Crippen LogP contribution is -2.47. The zero-order valence-corrected chi connectivity index (χ0v) is 24.8. The molecule has 0 N–H and O–H groups in total. The molecule has 2 heterocycles. The molecule has 0 amide bonds. The van der Waals surface area contributed by atoms with Crippen molar-refractivity contribution in [3.8, 4) is 0 Å². The number of carbonyl (C=O) groups excluding carboxylic acids is 2. The molecule has 0 unspecified atom stereocenters. The van der Waals surface area contributed by atoms with Gasteiger partial charge in [-0.25, -0.2) is 4.79 Å². The van der Waals surface area contributed by atoms with Crippen LogP contribution < -0.4 is 4.90 Å². The largest absolute Gasteiger partial charge is 0.465 e. The molecule has 0 saturated carbocycles. The van der Waals surface area contributed by atoms with Gasteiger partial charge in [-0.15, -0.1) is 0 Å². The number of methoxy groups -OCH3 is 1. The second-order valence-electron chi connectivity index (χ2n) is 11.6. The van der Waals surface area contributed by atoms with Crippen molar-refractivity contribution in [1.82, 2.24) is 9.80 Å². The molecule has 6 heteroatoms. The predicted octanol–water partition coefficient (Wildman–Crippen LogP) is 6.02. The zero-order valence-electron chi connectivity index (χ0n) is 24.8.